The maximum Gasteiger partial charge on any atom is 0.275 e. The fraction of sp³-hybridized carbons (Fsp3) is 0.346. The highest BCUT2D eigenvalue weighted by molar-refractivity contribution is 5.80. The molecule has 2 aromatic carbocycles. The molecule has 4 aromatic rings. The molecule has 0 unspecified atom stereocenters. The first-order valence-corrected chi connectivity index (χ1v) is 11.5. The molecule has 168 valence electrons. The first-order chi connectivity index (χ1) is 15.7. The number of rotatable bonds is 8. The van der Waals surface area contributed by atoms with Crippen molar-refractivity contribution in [3.63, 3.8) is 0 Å². The first kappa shape index (κ1) is 23.4. The Morgan fingerprint density at radius 3 is 2.34 bits per heavy atom. The topological polar surface area (TPSA) is 77.7 Å². The highest BCUT2D eigenvalue weighted by Gasteiger charge is 2.13. The van der Waals surface area contributed by atoms with Crippen molar-refractivity contribution in [1.82, 2.24) is 25.1 Å². The highest BCUT2D eigenvalue weighted by Crippen LogP contribution is 2.23. The number of H-pyrrole nitrogens is 2. The Bertz CT molecular complexity index is 1170. The van der Waals surface area contributed by atoms with Crippen LogP contribution >= 0.6 is 0 Å². The Morgan fingerprint density at radius 1 is 0.938 bits per heavy atom. The van der Waals surface area contributed by atoms with E-state index >= 15 is 0 Å². The second-order valence-electron chi connectivity index (χ2n) is 7.58. The minimum Gasteiger partial charge on any atom is -0.338 e. The summed E-state index contributed by atoms with van der Waals surface area (Å²) in [5, 5.41) is 6.79. The van der Waals surface area contributed by atoms with Gasteiger partial charge in [0.15, 0.2) is 0 Å². The van der Waals surface area contributed by atoms with Crippen LogP contribution < -0.4 is 5.56 Å². The van der Waals surface area contributed by atoms with Crippen LogP contribution in [0.2, 0.25) is 0 Å². The Labute approximate surface area is 189 Å². The molecule has 2 N–H and O–H groups in total. The molecule has 4 rings (SSSR count). The zero-order chi connectivity index (χ0) is 22.9. The third-order valence-electron chi connectivity index (χ3n) is 5.16. The number of fused-ring (bicyclic) bond motifs is 1. The van der Waals surface area contributed by atoms with Gasteiger partial charge >= 0.3 is 0 Å². The van der Waals surface area contributed by atoms with Gasteiger partial charge in [-0.15, -0.1) is 0 Å². The lowest BCUT2D eigenvalue weighted by atomic mass is 10.1. The third kappa shape index (κ3) is 5.51. The summed E-state index contributed by atoms with van der Waals surface area (Å²) in [7, 11) is 0. The number of benzene rings is 2. The average molecular weight is 432 g/mol. The third-order valence-corrected chi connectivity index (χ3v) is 5.16. The van der Waals surface area contributed by atoms with Crippen molar-refractivity contribution in [2.24, 2.45) is 0 Å². The molecule has 0 aliphatic rings. The minimum absolute atomic E-state index is 0.258. The van der Waals surface area contributed by atoms with E-state index in [9.17, 15) is 4.79 Å². The molecule has 6 heteroatoms. The van der Waals surface area contributed by atoms with Crippen LogP contribution in [0.25, 0.3) is 33.7 Å². The van der Waals surface area contributed by atoms with Crippen LogP contribution in [0, 0.1) is 0 Å². The number of hydrogen-bond acceptors (Lipinski definition) is 4. The van der Waals surface area contributed by atoms with Crippen LogP contribution in [0.1, 0.15) is 46.1 Å². The van der Waals surface area contributed by atoms with E-state index in [0.717, 1.165) is 49.1 Å². The lowest BCUT2D eigenvalue weighted by Gasteiger charge is -2.20. The lowest BCUT2D eigenvalue weighted by molar-refractivity contribution is 0.266. The van der Waals surface area contributed by atoms with Crippen LogP contribution in [-0.2, 0) is 6.54 Å². The number of imidazole rings is 1. The summed E-state index contributed by atoms with van der Waals surface area (Å²) < 4.78 is 0. The maximum absolute atomic E-state index is 12.5. The van der Waals surface area contributed by atoms with Gasteiger partial charge in [0.25, 0.3) is 5.56 Å². The molecule has 2 heterocycles. The standard InChI is InChI=1S/C24H27N5O.C2H6/c1-3-12-29(13-4-2)16-17-10-11-20-22(14-17)26-23(25-20)19-15-21(27-28-24(19)30)18-8-6-5-7-9-18;1-2/h5-11,14-15H,3-4,12-13,16H2,1-2H3,(H,25,26)(H,28,30);1-2H3. The molecule has 0 aliphatic carbocycles. The van der Waals surface area contributed by atoms with E-state index in [2.05, 4.69) is 51.0 Å². The summed E-state index contributed by atoms with van der Waals surface area (Å²) in [5.74, 6) is 0.557. The van der Waals surface area contributed by atoms with E-state index < -0.39 is 0 Å². The molecule has 0 radical (unpaired) electrons. The van der Waals surface area contributed by atoms with E-state index in [4.69, 9.17) is 0 Å². The Kier molecular flexibility index (Phi) is 8.34. The number of hydrogen-bond donors (Lipinski definition) is 2. The van der Waals surface area contributed by atoms with Gasteiger partial charge in [-0.3, -0.25) is 9.69 Å². The first-order valence-electron chi connectivity index (χ1n) is 11.5. The summed E-state index contributed by atoms with van der Waals surface area (Å²) in [6.45, 7) is 11.5. The van der Waals surface area contributed by atoms with Crippen LogP contribution in [0.15, 0.2) is 59.4 Å². The number of aromatic nitrogens is 4. The van der Waals surface area contributed by atoms with E-state index in [0.29, 0.717) is 17.1 Å². The predicted octanol–water partition coefficient (Wildman–Crippen LogP) is 5.63. The molecule has 0 atom stereocenters. The number of nitrogens with one attached hydrogen (secondary N) is 2. The van der Waals surface area contributed by atoms with Gasteiger partial charge in [-0.25, -0.2) is 10.1 Å². The Morgan fingerprint density at radius 2 is 1.66 bits per heavy atom. The lowest BCUT2D eigenvalue weighted by Crippen LogP contribution is -2.24. The van der Waals surface area contributed by atoms with Crippen molar-refractivity contribution in [1.29, 1.82) is 0 Å². The zero-order valence-electron chi connectivity index (χ0n) is 19.5. The van der Waals surface area contributed by atoms with Gasteiger partial charge in [-0.2, -0.15) is 5.10 Å². The van der Waals surface area contributed by atoms with Crippen molar-refractivity contribution in [3.05, 3.63) is 70.5 Å². The smallest absolute Gasteiger partial charge is 0.275 e. The van der Waals surface area contributed by atoms with E-state index in [1.54, 1.807) is 6.07 Å². The summed E-state index contributed by atoms with van der Waals surface area (Å²) in [4.78, 5) is 22.9. The zero-order valence-corrected chi connectivity index (χ0v) is 19.5. The molecule has 0 fully saturated rings. The maximum atomic E-state index is 12.5. The molecule has 0 aliphatic heterocycles. The SMILES string of the molecule is CC.CCCN(CCC)Cc1ccc2nc(-c3cc(-c4ccccc4)n[nH]c3=O)[nH]c2c1. The number of nitrogens with zero attached hydrogens (tertiary/aromatic N) is 3. The van der Waals surface area contributed by atoms with Crippen molar-refractivity contribution < 1.29 is 0 Å². The molecule has 0 bridgehead atoms. The fourth-order valence-corrected chi connectivity index (χ4v) is 3.78. The summed E-state index contributed by atoms with van der Waals surface area (Å²) in [6.07, 6.45) is 2.29. The fourth-order valence-electron chi connectivity index (χ4n) is 3.78. The monoisotopic (exact) mass is 431 g/mol. The molecule has 0 spiro atoms. The van der Waals surface area contributed by atoms with Crippen LogP contribution in [0.4, 0.5) is 0 Å². The van der Waals surface area contributed by atoms with Gasteiger partial charge in [-0.05, 0) is 49.7 Å². The predicted molar refractivity (Wildman–Crippen MR) is 133 cm³/mol. The van der Waals surface area contributed by atoms with Crippen LogP contribution in [0.5, 0.6) is 0 Å². The molecule has 2 aromatic heterocycles. The van der Waals surface area contributed by atoms with Gasteiger partial charge < -0.3 is 4.98 Å². The molecule has 0 amide bonds. The van der Waals surface area contributed by atoms with Gasteiger partial charge in [0.1, 0.15) is 5.82 Å². The quantitative estimate of drug-likeness (QED) is 0.379. The molecular weight excluding hydrogens is 398 g/mol. The van der Waals surface area contributed by atoms with Crippen LogP contribution in [0.3, 0.4) is 0 Å². The van der Waals surface area contributed by atoms with Crippen LogP contribution in [-0.4, -0.2) is 38.2 Å². The van der Waals surface area contributed by atoms with Gasteiger partial charge in [-0.1, -0.05) is 64.1 Å². The minimum atomic E-state index is -0.258. The molecule has 32 heavy (non-hydrogen) atoms. The van der Waals surface area contributed by atoms with Gasteiger partial charge in [0, 0.05) is 12.1 Å². The van der Waals surface area contributed by atoms with E-state index in [-0.39, 0.29) is 5.56 Å². The van der Waals surface area contributed by atoms with Crippen molar-refractivity contribution in [3.8, 4) is 22.6 Å². The van der Waals surface area contributed by atoms with Crippen molar-refractivity contribution in [2.75, 3.05) is 13.1 Å². The molecule has 6 nitrogen and oxygen atoms in total. The van der Waals surface area contributed by atoms with Gasteiger partial charge in [0.05, 0.1) is 22.3 Å². The Hall–Kier alpha value is -3.25. The Balaban J connectivity index is 0.00000141. The largest absolute Gasteiger partial charge is 0.338 e. The van der Waals surface area contributed by atoms with Crippen molar-refractivity contribution in [2.45, 2.75) is 47.1 Å². The molecule has 0 saturated carbocycles. The normalized spacial score (nSPS) is 10.9. The summed E-state index contributed by atoms with van der Waals surface area (Å²) in [5.41, 5.74) is 4.91. The van der Waals surface area contributed by atoms with Crippen molar-refractivity contribution >= 4 is 11.0 Å². The highest BCUT2D eigenvalue weighted by atomic mass is 16.1. The van der Waals surface area contributed by atoms with E-state index in [1.165, 1.54) is 5.56 Å². The van der Waals surface area contributed by atoms with Gasteiger partial charge in [0.2, 0.25) is 0 Å². The second-order valence-corrected chi connectivity index (χ2v) is 7.58. The second kappa shape index (κ2) is 11.4. The average Bonchev–Trinajstić information content (AvgIpc) is 3.25. The molecule has 0 saturated heterocycles. The summed E-state index contributed by atoms with van der Waals surface area (Å²) >= 11 is 0. The number of aromatic amines is 2. The summed E-state index contributed by atoms with van der Waals surface area (Å²) in [6, 6.07) is 17.9. The van der Waals surface area contributed by atoms with E-state index in [1.807, 2.05) is 50.2 Å². The molecular formula is C26H33N5O.